The fourth-order valence-corrected chi connectivity index (χ4v) is 2.71. The molecule has 3 N–H and O–H groups in total. The zero-order valence-electron chi connectivity index (χ0n) is 16.5. The summed E-state index contributed by atoms with van der Waals surface area (Å²) in [4.78, 5) is 8.91. The van der Waals surface area contributed by atoms with Gasteiger partial charge in [-0.05, 0) is 44.6 Å². The molecule has 150 valence electrons. The Morgan fingerprint density at radius 2 is 2.08 bits per heavy atom. The predicted octanol–water partition coefficient (Wildman–Crippen LogP) is 3.20. The zero-order chi connectivity index (χ0) is 18.5. The van der Waals surface area contributed by atoms with Crippen LogP contribution in [0.15, 0.2) is 23.3 Å². The molecule has 0 bridgehead atoms. The number of pyridine rings is 1. The number of hydrogen-bond acceptors (Lipinski definition) is 4. The summed E-state index contributed by atoms with van der Waals surface area (Å²) in [6.07, 6.45) is 3.62. The molecule has 6 nitrogen and oxygen atoms in total. The summed E-state index contributed by atoms with van der Waals surface area (Å²) in [6.45, 7) is 11.3. The molecule has 0 saturated carbocycles. The highest BCUT2D eigenvalue weighted by atomic mass is 127. The summed E-state index contributed by atoms with van der Waals surface area (Å²) in [5.41, 5.74) is 0.968. The van der Waals surface area contributed by atoms with Gasteiger partial charge in [-0.1, -0.05) is 19.9 Å². The summed E-state index contributed by atoms with van der Waals surface area (Å²) in [7, 11) is 0. The van der Waals surface area contributed by atoms with Crippen LogP contribution >= 0.6 is 24.0 Å². The van der Waals surface area contributed by atoms with Crippen LogP contribution in [0.5, 0.6) is 5.88 Å². The highest BCUT2D eigenvalue weighted by Gasteiger charge is 2.11. The first-order valence-electron chi connectivity index (χ1n) is 9.30. The lowest BCUT2D eigenvalue weighted by Gasteiger charge is -2.20. The molecule has 1 atom stereocenters. The SMILES string of the molecule is CCNC(=NCc1cccnc1OCC)NCC(CCO)CC(C)C.I. The van der Waals surface area contributed by atoms with Crippen LogP contribution in [0.2, 0.25) is 0 Å². The van der Waals surface area contributed by atoms with E-state index in [1.165, 1.54) is 0 Å². The molecule has 1 rings (SSSR count). The van der Waals surface area contributed by atoms with E-state index in [-0.39, 0.29) is 30.6 Å². The van der Waals surface area contributed by atoms with E-state index in [1.807, 2.05) is 26.0 Å². The minimum atomic E-state index is 0. The molecular weight excluding hydrogens is 443 g/mol. The maximum Gasteiger partial charge on any atom is 0.218 e. The molecule has 0 aliphatic carbocycles. The molecule has 0 radical (unpaired) electrons. The van der Waals surface area contributed by atoms with E-state index in [9.17, 15) is 5.11 Å². The van der Waals surface area contributed by atoms with E-state index >= 15 is 0 Å². The van der Waals surface area contributed by atoms with Crippen molar-refractivity contribution < 1.29 is 9.84 Å². The third-order valence-electron chi connectivity index (χ3n) is 3.78. The number of ether oxygens (including phenoxy) is 1. The number of aliphatic hydroxyl groups is 1. The van der Waals surface area contributed by atoms with E-state index < -0.39 is 0 Å². The van der Waals surface area contributed by atoms with Crippen molar-refractivity contribution in [3.05, 3.63) is 23.9 Å². The van der Waals surface area contributed by atoms with Gasteiger partial charge in [-0.2, -0.15) is 0 Å². The Bertz CT molecular complexity index is 512. The average Bonchev–Trinajstić information content (AvgIpc) is 2.58. The van der Waals surface area contributed by atoms with Crippen molar-refractivity contribution in [2.45, 2.75) is 47.1 Å². The maximum absolute atomic E-state index is 9.26. The lowest BCUT2D eigenvalue weighted by molar-refractivity contribution is 0.243. The molecule has 0 fully saturated rings. The van der Waals surface area contributed by atoms with E-state index in [0.717, 1.165) is 37.5 Å². The summed E-state index contributed by atoms with van der Waals surface area (Å²) in [6, 6.07) is 3.88. The van der Waals surface area contributed by atoms with Gasteiger partial charge in [-0.15, -0.1) is 24.0 Å². The van der Waals surface area contributed by atoms with Gasteiger partial charge in [0.15, 0.2) is 5.96 Å². The monoisotopic (exact) mass is 478 g/mol. The first kappa shape index (κ1) is 24.9. The highest BCUT2D eigenvalue weighted by Crippen LogP contribution is 2.16. The summed E-state index contributed by atoms with van der Waals surface area (Å²) >= 11 is 0. The fourth-order valence-electron chi connectivity index (χ4n) is 2.71. The standard InChI is InChI=1S/C19H34N4O2.HI/c1-5-20-19(22-13-16(9-11-24)12-15(3)4)23-14-17-8-7-10-21-18(17)25-6-2;/h7-8,10,15-16,24H,5-6,9,11-14H2,1-4H3,(H2,20,22,23);1H. The molecule has 0 saturated heterocycles. The van der Waals surface area contributed by atoms with Crippen molar-refractivity contribution in [3.63, 3.8) is 0 Å². The number of aliphatic imine (C=N–C) groups is 1. The Morgan fingerprint density at radius 1 is 1.31 bits per heavy atom. The minimum Gasteiger partial charge on any atom is -0.478 e. The molecule has 0 aliphatic rings. The summed E-state index contributed by atoms with van der Waals surface area (Å²) in [5.74, 6) is 2.47. The smallest absolute Gasteiger partial charge is 0.218 e. The lowest BCUT2D eigenvalue weighted by Crippen LogP contribution is -2.40. The number of aromatic nitrogens is 1. The van der Waals surface area contributed by atoms with Gasteiger partial charge in [-0.3, -0.25) is 0 Å². The number of aliphatic hydroxyl groups excluding tert-OH is 1. The molecule has 0 amide bonds. The molecule has 1 heterocycles. The van der Waals surface area contributed by atoms with Gasteiger partial charge in [0.2, 0.25) is 5.88 Å². The number of nitrogens with zero attached hydrogens (tertiary/aromatic N) is 2. The van der Waals surface area contributed by atoms with Crippen LogP contribution in [0.4, 0.5) is 0 Å². The number of halogens is 1. The van der Waals surface area contributed by atoms with Crippen LogP contribution in [0.1, 0.15) is 46.1 Å². The van der Waals surface area contributed by atoms with Gasteiger partial charge >= 0.3 is 0 Å². The quantitative estimate of drug-likeness (QED) is 0.259. The zero-order valence-corrected chi connectivity index (χ0v) is 18.8. The molecule has 7 heteroatoms. The molecule has 1 aromatic heterocycles. The van der Waals surface area contributed by atoms with E-state index in [4.69, 9.17) is 4.74 Å². The van der Waals surface area contributed by atoms with Crippen molar-refractivity contribution in [2.24, 2.45) is 16.8 Å². The second-order valence-corrected chi connectivity index (χ2v) is 6.48. The molecule has 1 aromatic rings. The van der Waals surface area contributed by atoms with Gasteiger partial charge in [0, 0.05) is 31.5 Å². The van der Waals surface area contributed by atoms with Crippen LogP contribution < -0.4 is 15.4 Å². The molecule has 0 aromatic carbocycles. The largest absolute Gasteiger partial charge is 0.478 e. The van der Waals surface area contributed by atoms with Crippen molar-refractivity contribution in [1.82, 2.24) is 15.6 Å². The average molecular weight is 478 g/mol. The van der Waals surface area contributed by atoms with Crippen LogP contribution in [0.3, 0.4) is 0 Å². The lowest BCUT2D eigenvalue weighted by atomic mass is 9.94. The van der Waals surface area contributed by atoms with E-state index in [1.54, 1.807) is 6.20 Å². The molecule has 0 aliphatic heterocycles. The van der Waals surface area contributed by atoms with Crippen LogP contribution in [-0.4, -0.2) is 42.4 Å². The first-order valence-corrected chi connectivity index (χ1v) is 9.30. The Morgan fingerprint density at radius 3 is 2.69 bits per heavy atom. The predicted molar refractivity (Wildman–Crippen MR) is 118 cm³/mol. The van der Waals surface area contributed by atoms with Crippen molar-refractivity contribution in [3.8, 4) is 5.88 Å². The van der Waals surface area contributed by atoms with Gasteiger partial charge in [0.1, 0.15) is 0 Å². The fraction of sp³-hybridized carbons (Fsp3) is 0.684. The normalized spacial score (nSPS) is 12.5. The Kier molecular flexibility index (Phi) is 14.4. The number of rotatable bonds is 11. The number of hydrogen-bond donors (Lipinski definition) is 3. The van der Waals surface area contributed by atoms with Crippen molar-refractivity contribution in [1.29, 1.82) is 0 Å². The van der Waals surface area contributed by atoms with Crippen LogP contribution in [0, 0.1) is 11.8 Å². The highest BCUT2D eigenvalue weighted by molar-refractivity contribution is 14.0. The van der Waals surface area contributed by atoms with Gasteiger partial charge < -0.3 is 20.5 Å². The minimum absolute atomic E-state index is 0. The van der Waals surface area contributed by atoms with Crippen molar-refractivity contribution in [2.75, 3.05) is 26.3 Å². The maximum atomic E-state index is 9.26. The topological polar surface area (TPSA) is 78.8 Å². The van der Waals surface area contributed by atoms with Gasteiger partial charge in [0.05, 0.1) is 13.2 Å². The first-order chi connectivity index (χ1) is 12.1. The summed E-state index contributed by atoms with van der Waals surface area (Å²) < 4.78 is 5.55. The summed E-state index contributed by atoms with van der Waals surface area (Å²) in [5, 5.41) is 15.9. The van der Waals surface area contributed by atoms with E-state index in [0.29, 0.717) is 30.9 Å². The van der Waals surface area contributed by atoms with Crippen molar-refractivity contribution >= 4 is 29.9 Å². The van der Waals surface area contributed by atoms with Gasteiger partial charge in [-0.25, -0.2) is 9.98 Å². The second-order valence-electron chi connectivity index (χ2n) is 6.48. The molecule has 1 unspecified atom stereocenters. The van der Waals surface area contributed by atoms with Crippen LogP contribution in [0.25, 0.3) is 0 Å². The Hall–Kier alpha value is -1.09. The van der Waals surface area contributed by atoms with Crippen LogP contribution in [-0.2, 0) is 6.54 Å². The third-order valence-corrected chi connectivity index (χ3v) is 3.78. The Balaban J connectivity index is 0.00000625. The number of guanidine groups is 1. The molecule has 0 spiro atoms. The number of nitrogens with one attached hydrogen (secondary N) is 2. The Labute approximate surface area is 175 Å². The third kappa shape index (κ3) is 10.2. The molecular formula is C19H35IN4O2. The second kappa shape index (κ2) is 15.0. The van der Waals surface area contributed by atoms with E-state index in [2.05, 4.69) is 34.5 Å². The van der Waals surface area contributed by atoms with Gasteiger partial charge in [0.25, 0.3) is 0 Å². The molecule has 26 heavy (non-hydrogen) atoms.